The molecule has 17 heavy (non-hydrogen) atoms. The Hall–Kier alpha value is -1.56. The second-order valence-corrected chi connectivity index (χ2v) is 6.44. The van der Waals surface area contributed by atoms with Crippen molar-refractivity contribution in [1.29, 1.82) is 0 Å². The molecule has 1 aromatic rings. The van der Waals surface area contributed by atoms with E-state index in [0.717, 1.165) is 13.8 Å². The third-order valence-corrected chi connectivity index (χ3v) is 4.98. The Labute approximate surface area is 100.0 Å². The first-order valence-electron chi connectivity index (χ1n) is 4.86. The highest BCUT2D eigenvalue weighted by molar-refractivity contribution is 7.93. The zero-order valence-electron chi connectivity index (χ0n) is 9.80. The molecule has 94 valence electrons. The molecule has 0 atom stereocenters. The summed E-state index contributed by atoms with van der Waals surface area (Å²) in [5, 5.41) is 8.98. The van der Waals surface area contributed by atoms with Gasteiger partial charge in [0, 0.05) is 0 Å². The van der Waals surface area contributed by atoms with Gasteiger partial charge in [0.1, 0.15) is 10.6 Å². The molecule has 0 aromatic heterocycles. The number of ether oxygens (including phenoxy) is 1. The maximum atomic E-state index is 12.2. The molecular weight excluding hydrogens is 244 g/mol. The Kier molecular flexibility index (Phi) is 3.47. The minimum atomic E-state index is -4.01. The van der Waals surface area contributed by atoms with E-state index in [1.54, 1.807) is 6.07 Å². The van der Waals surface area contributed by atoms with Gasteiger partial charge >= 0.3 is 5.97 Å². The molecule has 0 unspecified atom stereocenters. The number of para-hydroxylation sites is 1. The Morgan fingerprint density at radius 1 is 1.29 bits per heavy atom. The molecule has 5 nitrogen and oxygen atoms in total. The molecule has 0 heterocycles. The van der Waals surface area contributed by atoms with Crippen LogP contribution in [0, 0.1) is 0 Å². The lowest BCUT2D eigenvalue weighted by atomic mass is 10.2. The van der Waals surface area contributed by atoms with Crippen molar-refractivity contribution >= 4 is 15.8 Å². The Balaban J connectivity index is 3.47. The first-order chi connectivity index (χ1) is 7.75. The smallest absolute Gasteiger partial charge is 0.324 e. The van der Waals surface area contributed by atoms with Gasteiger partial charge in [-0.15, -0.1) is 0 Å². The highest BCUT2D eigenvalue weighted by atomic mass is 32.2. The number of hydrogen-bond acceptors (Lipinski definition) is 4. The van der Waals surface area contributed by atoms with Crippen LogP contribution < -0.4 is 4.74 Å². The largest absolute Gasteiger partial charge is 0.495 e. The fourth-order valence-corrected chi connectivity index (χ4v) is 2.68. The molecule has 0 radical (unpaired) electrons. The fourth-order valence-electron chi connectivity index (χ4n) is 1.23. The molecule has 6 heteroatoms. The van der Waals surface area contributed by atoms with E-state index in [1.807, 2.05) is 0 Å². The van der Waals surface area contributed by atoms with E-state index >= 15 is 0 Å². The molecule has 0 amide bonds. The van der Waals surface area contributed by atoms with Crippen molar-refractivity contribution < 1.29 is 23.1 Å². The second-order valence-electron chi connectivity index (χ2n) is 3.97. The monoisotopic (exact) mass is 258 g/mol. The fraction of sp³-hybridized carbons (Fsp3) is 0.364. The number of methoxy groups -OCH3 is 1. The molecule has 0 aliphatic carbocycles. The lowest BCUT2D eigenvalue weighted by molar-refractivity contribution is -0.139. The number of carboxylic acid groups (broad SMARTS) is 1. The maximum absolute atomic E-state index is 12.2. The molecule has 0 fully saturated rings. The van der Waals surface area contributed by atoms with Crippen molar-refractivity contribution in [1.82, 2.24) is 0 Å². The summed E-state index contributed by atoms with van der Waals surface area (Å²) in [5.41, 5.74) is 0. The van der Waals surface area contributed by atoms with Crippen LogP contribution in [0.1, 0.15) is 13.8 Å². The van der Waals surface area contributed by atoms with Crippen LogP contribution in [0.25, 0.3) is 0 Å². The zero-order chi connectivity index (χ0) is 13.3. The zero-order valence-corrected chi connectivity index (χ0v) is 10.6. The van der Waals surface area contributed by atoms with Crippen LogP contribution in [0.15, 0.2) is 29.2 Å². The van der Waals surface area contributed by atoms with Crippen molar-refractivity contribution in [3.63, 3.8) is 0 Å². The predicted molar refractivity (Wildman–Crippen MR) is 61.9 cm³/mol. The third kappa shape index (κ3) is 2.12. The third-order valence-electron chi connectivity index (χ3n) is 2.55. The molecule has 1 rings (SSSR count). The van der Waals surface area contributed by atoms with Crippen molar-refractivity contribution in [3.8, 4) is 5.75 Å². The summed E-state index contributed by atoms with van der Waals surface area (Å²) in [5.74, 6) is -1.26. The number of carboxylic acids is 1. The molecule has 0 spiro atoms. The van der Waals surface area contributed by atoms with Crippen molar-refractivity contribution in [2.24, 2.45) is 0 Å². The molecule has 0 aliphatic rings. The van der Waals surface area contributed by atoms with Gasteiger partial charge < -0.3 is 9.84 Å². The van der Waals surface area contributed by atoms with E-state index in [0.29, 0.717) is 0 Å². The number of hydrogen-bond donors (Lipinski definition) is 1. The lowest BCUT2D eigenvalue weighted by Gasteiger charge is -2.21. The van der Waals surface area contributed by atoms with Crippen LogP contribution >= 0.6 is 0 Å². The maximum Gasteiger partial charge on any atom is 0.324 e. The molecular formula is C11H14O5S. The molecule has 1 N–H and O–H groups in total. The van der Waals surface area contributed by atoms with Crippen molar-refractivity contribution in [2.45, 2.75) is 23.5 Å². The first-order valence-corrected chi connectivity index (χ1v) is 6.34. The summed E-state index contributed by atoms with van der Waals surface area (Å²) >= 11 is 0. The van der Waals surface area contributed by atoms with E-state index in [-0.39, 0.29) is 10.6 Å². The second kappa shape index (κ2) is 4.37. The van der Waals surface area contributed by atoms with E-state index in [2.05, 4.69) is 0 Å². The van der Waals surface area contributed by atoms with Gasteiger partial charge in [-0.2, -0.15) is 0 Å². The van der Waals surface area contributed by atoms with E-state index in [1.165, 1.54) is 25.3 Å². The summed E-state index contributed by atoms with van der Waals surface area (Å²) < 4.78 is 27.5. The van der Waals surface area contributed by atoms with Crippen molar-refractivity contribution in [3.05, 3.63) is 24.3 Å². The van der Waals surface area contributed by atoms with Gasteiger partial charge in [0.2, 0.25) is 0 Å². The van der Waals surface area contributed by atoms with E-state index in [9.17, 15) is 13.2 Å². The topological polar surface area (TPSA) is 80.7 Å². The number of benzene rings is 1. The van der Waals surface area contributed by atoms with Crippen LogP contribution in [-0.4, -0.2) is 31.4 Å². The van der Waals surface area contributed by atoms with Crippen LogP contribution in [0.5, 0.6) is 5.75 Å². The van der Waals surface area contributed by atoms with E-state index < -0.39 is 20.6 Å². The highest BCUT2D eigenvalue weighted by Gasteiger charge is 2.44. The summed E-state index contributed by atoms with van der Waals surface area (Å²) in [6.07, 6.45) is 0. The van der Waals surface area contributed by atoms with Gasteiger partial charge in [-0.25, -0.2) is 8.42 Å². The summed E-state index contributed by atoms with van der Waals surface area (Å²) in [4.78, 5) is 10.9. The number of rotatable bonds is 4. The Morgan fingerprint density at radius 3 is 2.29 bits per heavy atom. The van der Waals surface area contributed by atoms with E-state index in [4.69, 9.17) is 9.84 Å². The minimum absolute atomic E-state index is 0.116. The standard InChI is InChI=1S/C11H14O5S/c1-11(2,10(12)13)17(14,15)9-7-5-4-6-8(9)16-3/h4-7H,1-3H3,(H,12,13). The SMILES string of the molecule is COc1ccccc1S(=O)(=O)C(C)(C)C(=O)O. The Morgan fingerprint density at radius 2 is 1.82 bits per heavy atom. The normalized spacial score (nSPS) is 12.2. The first kappa shape index (κ1) is 13.5. The van der Waals surface area contributed by atoms with Gasteiger partial charge in [0.25, 0.3) is 0 Å². The molecule has 1 aromatic carbocycles. The lowest BCUT2D eigenvalue weighted by Crippen LogP contribution is -2.40. The Bertz CT molecular complexity index is 531. The van der Waals surface area contributed by atoms with Crippen LogP contribution in [-0.2, 0) is 14.6 Å². The van der Waals surface area contributed by atoms with Gasteiger partial charge in [0.15, 0.2) is 14.6 Å². The molecule has 0 saturated carbocycles. The predicted octanol–water partition coefficient (Wildman–Crippen LogP) is 1.33. The van der Waals surface area contributed by atoms with Gasteiger partial charge in [-0.1, -0.05) is 12.1 Å². The summed E-state index contributed by atoms with van der Waals surface area (Å²) in [6.45, 7) is 2.30. The molecule has 0 bridgehead atoms. The quantitative estimate of drug-likeness (QED) is 0.881. The van der Waals surface area contributed by atoms with Gasteiger partial charge in [-0.3, -0.25) is 4.79 Å². The molecule has 0 aliphatic heterocycles. The van der Waals surface area contributed by atoms with Crippen LogP contribution in [0.4, 0.5) is 0 Å². The minimum Gasteiger partial charge on any atom is -0.495 e. The average Bonchev–Trinajstić information content (AvgIpc) is 2.28. The van der Waals surface area contributed by atoms with Crippen LogP contribution in [0.2, 0.25) is 0 Å². The van der Waals surface area contributed by atoms with Crippen LogP contribution in [0.3, 0.4) is 0 Å². The number of carbonyl (C=O) groups is 1. The number of aliphatic carboxylic acids is 1. The van der Waals surface area contributed by atoms with Gasteiger partial charge in [-0.05, 0) is 26.0 Å². The molecule has 0 saturated heterocycles. The summed E-state index contributed by atoms with van der Waals surface area (Å²) in [7, 11) is -2.67. The van der Waals surface area contributed by atoms with Gasteiger partial charge in [0.05, 0.1) is 7.11 Å². The number of sulfone groups is 1. The van der Waals surface area contributed by atoms with Crippen molar-refractivity contribution in [2.75, 3.05) is 7.11 Å². The summed E-state index contributed by atoms with van der Waals surface area (Å²) in [6, 6.07) is 5.95. The highest BCUT2D eigenvalue weighted by Crippen LogP contribution is 2.31. The average molecular weight is 258 g/mol.